The van der Waals surface area contributed by atoms with Crippen molar-refractivity contribution in [2.45, 2.75) is 13.5 Å². The summed E-state index contributed by atoms with van der Waals surface area (Å²) in [5, 5.41) is 4.62. The molecule has 0 aliphatic heterocycles. The van der Waals surface area contributed by atoms with Crippen LogP contribution in [-0.4, -0.2) is 22.5 Å². The molecule has 4 rings (SSSR count). The van der Waals surface area contributed by atoms with Gasteiger partial charge in [0.25, 0.3) is 5.56 Å². The third-order valence-electron chi connectivity index (χ3n) is 4.85. The summed E-state index contributed by atoms with van der Waals surface area (Å²) in [6.45, 7) is 2.29. The summed E-state index contributed by atoms with van der Waals surface area (Å²) in [7, 11) is 0. The largest absolute Gasteiger partial charge is 0.490 e. The maximum atomic E-state index is 13.2. The van der Waals surface area contributed by atoms with Gasteiger partial charge in [-0.25, -0.2) is 9.18 Å². The lowest BCUT2D eigenvalue weighted by Crippen LogP contribution is -2.32. The van der Waals surface area contributed by atoms with Crippen molar-refractivity contribution in [3.8, 4) is 11.5 Å². The first-order valence-corrected chi connectivity index (χ1v) is 11.4. The molecule has 10 heteroatoms. The molecule has 0 aliphatic carbocycles. The number of nitrogens with zero attached hydrogens (tertiary/aromatic N) is 2. The quantitative estimate of drug-likeness (QED) is 0.327. The Kier molecular flexibility index (Phi) is 7.14. The summed E-state index contributed by atoms with van der Waals surface area (Å²) >= 11 is 9.96. The van der Waals surface area contributed by atoms with E-state index in [0.29, 0.717) is 33.3 Å². The molecule has 0 aliphatic rings. The Hall–Kier alpha value is -3.43. The molecule has 4 aromatic rings. The van der Waals surface area contributed by atoms with Crippen molar-refractivity contribution in [1.29, 1.82) is 0 Å². The molecule has 34 heavy (non-hydrogen) atoms. The number of fused-ring (bicyclic) bond motifs is 1. The first-order chi connectivity index (χ1) is 16.4. The smallest absolute Gasteiger partial charge is 0.349 e. The van der Waals surface area contributed by atoms with E-state index < -0.39 is 11.2 Å². The standard InChI is InChI=1S/C24H18BrClFN3O4/c1-2-33-19-11-15(12-28-30-23(31)17-5-3-4-6-18(17)29-24(30)32)20(25)21(26)22(19)34-13-14-7-9-16(27)10-8-14/h3-12H,2,13H2,1H3,(H,29,32). The monoisotopic (exact) mass is 545 g/mol. The van der Waals surface area contributed by atoms with Crippen LogP contribution in [0.1, 0.15) is 18.1 Å². The molecule has 0 spiro atoms. The number of halogens is 3. The van der Waals surface area contributed by atoms with Gasteiger partial charge in [-0.3, -0.25) is 4.79 Å². The Labute approximate surface area is 206 Å². The number of nitrogens with one attached hydrogen (secondary N) is 1. The van der Waals surface area contributed by atoms with Crippen molar-refractivity contribution in [2.75, 3.05) is 6.61 Å². The van der Waals surface area contributed by atoms with Gasteiger partial charge >= 0.3 is 5.69 Å². The zero-order valence-electron chi connectivity index (χ0n) is 17.8. The summed E-state index contributed by atoms with van der Waals surface area (Å²) in [5.41, 5.74) is 0.404. The van der Waals surface area contributed by atoms with Crippen LogP contribution in [0.4, 0.5) is 4.39 Å². The fraction of sp³-hybridized carbons (Fsp3) is 0.125. The minimum Gasteiger partial charge on any atom is -0.490 e. The Morgan fingerprint density at radius 3 is 2.62 bits per heavy atom. The molecule has 0 amide bonds. The Morgan fingerprint density at radius 2 is 1.88 bits per heavy atom. The Bertz CT molecular complexity index is 1500. The molecule has 0 saturated heterocycles. The Morgan fingerprint density at radius 1 is 1.15 bits per heavy atom. The minimum absolute atomic E-state index is 0.141. The van der Waals surface area contributed by atoms with Gasteiger partial charge in [-0.05, 0) is 58.7 Å². The van der Waals surface area contributed by atoms with Crippen LogP contribution < -0.4 is 20.7 Å². The maximum Gasteiger partial charge on any atom is 0.349 e. The van der Waals surface area contributed by atoms with E-state index in [0.717, 1.165) is 10.2 Å². The molecule has 0 fully saturated rings. The van der Waals surface area contributed by atoms with Crippen LogP contribution in [-0.2, 0) is 6.61 Å². The minimum atomic E-state index is -0.675. The van der Waals surface area contributed by atoms with Gasteiger partial charge in [0.05, 0.1) is 23.7 Å². The molecule has 1 heterocycles. The second-order valence-corrected chi connectivity index (χ2v) is 8.28. The number of aromatic amines is 1. The van der Waals surface area contributed by atoms with E-state index in [-0.39, 0.29) is 23.2 Å². The number of ether oxygens (including phenoxy) is 2. The zero-order chi connectivity index (χ0) is 24.2. The Balaban J connectivity index is 1.70. The predicted molar refractivity (Wildman–Crippen MR) is 133 cm³/mol. The second-order valence-electron chi connectivity index (χ2n) is 7.11. The molecule has 0 atom stereocenters. The summed E-state index contributed by atoms with van der Waals surface area (Å²) < 4.78 is 25.9. The SMILES string of the molecule is CCOc1cc(C=Nn2c(=O)[nH]c3ccccc3c2=O)c(Br)c(Cl)c1OCc1ccc(F)cc1. The summed E-state index contributed by atoms with van der Waals surface area (Å²) in [6, 6.07) is 14.2. The second kappa shape index (κ2) is 10.2. The van der Waals surface area contributed by atoms with Crippen molar-refractivity contribution >= 4 is 44.6 Å². The molecular formula is C24H18BrClFN3O4. The van der Waals surface area contributed by atoms with E-state index in [1.54, 1.807) is 42.5 Å². The number of aromatic nitrogens is 2. The normalized spacial score (nSPS) is 11.3. The lowest BCUT2D eigenvalue weighted by Gasteiger charge is -2.16. The summed E-state index contributed by atoms with van der Waals surface area (Å²) in [4.78, 5) is 27.7. The fourth-order valence-corrected chi connectivity index (χ4v) is 3.86. The van der Waals surface area contributed by atoms with Crippen molar-refractivity contribution < 1.29 is 13.9 Å². The number of hydrogen-bond donors (Lipinski definition) is 1. The van der Waals surface area contributed by atoms with Crippen molar-refractivity contribution in [2.24, 2.45) is 5.10 Å². The van der Waals surface area contributed by atoms with Gasteiger partial charge in [-0.15, -0.1) is 4.68 Å². The molecular weight excluding hydrogens is 529 g/mol. The van der Waals surface area contributed by atoms with E-state index in [4.69, 9.17) is 21.1 Å². The number of benzene rings is 3. The van der Waals surface area contributed by atoms with Gasteiger partial charge < -0.3 is 14.5 Å². The molecule has 0 unspecified atom stereocenters. The average molecular weight is 547 g/mol. The zero-order valence-corrected chi connectivity index (χ0v) is 20.2. The highest BCUT2D eigenvalue weighted by Gasteiger charge is 2.18. The topological polar surface area (TPSA) is 85.7 Å². The van der Waals surface area contributed by atoms with Crippen LogP contribution >= 0.6 is 27.5 Å². The van der Waals surface area contributed by atoms with E-state index in [1.165, 1.54) is 18.3 Å². The number of para-hydroxylation sites is 1. The molecule has 7 nitrogen and oxygen atoms in total. The summed E-state index contributed by atoms with van der Waals surface area (Å²) in [6.07, 6.45) is 1.33. The van der Waals surface area contributed by atoms with Crippen LogP contribution in [0.5, 0.6) is 11.5 Å². The average Bonchev–Trinajstić information content (AvgIpc) is 2.83. The lowest BCUT2D eigenvalue weighted by atomic mass is 10.2. The van der Waals surface area contributed by atoms with Gasteiger partial charge in [0.1, 0.15) is 17.4 Å². The molecule has 0 saturated carbocycles. The molecule has 174 valence electrons. The fourth-order valence-electron chi connectivity index (χ4n) is 3.21. The van der Waals surface area contributed by atoms with E-state index in [9.17, 15) is 14.0 Å². The van der Waals surface area contributed by atoms with Crippen molar-refractivity contribution in [3.05, 3.63) is 102 Å². The highest BCUT2D eigenvalue weighted by atomic mass is 79.9. The van der Waals surface area contributed by atoms with Gasteiger partial charge in [-0.2, -0.15) is 5.10 Å². The maximum absolute atomic E-state index is 13.2. The van der Waals surface area contributed by atoms with E-state index in [1.807, 2.05) is 6.92 Å². The highest BCUT2D eigenvalue weighted by molar-refractivity contribution is 9.10. The van der Waals surface area contributed by atoms with Gasteiger partial charge in [-0.1, -0.05) is 35.9 Å². The van der Waals surface area contributed by atoms with E-state index >= 15 is 0 Å². The molecule has 3 aromatic carbocycles. The van der Waals surface area contributed by atoms with Crippen LogP contribution in [0, 0.1) is 5.82 Å². The third kappa shape index (κ3) is 4.90. The molecule has 0 radical (unpaired) electrons. The van der Waals surface area contributed by atoms with Gasteiger partial charge in [0.2, 0.25) is 0 Å². The van der Waals surface area contributed by atoms with Crippen LogP contribution in [0.3, 0.4) is 0 Å². The highest BCUT2D eigenvalue weighted by Crippen LogP contribution is 2.42. The number of hydrogen-bond acceptors (Lipinski definition) is 5. The predicted octanol–water partition coefficient (Wildman–Crippen LogP) is 5.10. The van der Waals surface area contributed by atoms with Crippen molar-refractivity contribution in [3.63, 3.8) is 0 Å². The van der Waals surface area contributed by atoms with Crippen LogP contribution in [0.2, 0.25) is 5.02 Å². The number of rotatable bonds is 7. The van der Waals surface area contributed by atoms with Gasteiger partial charge in [0, 0.05) is 10.0 Å². The van der Waals surface area contributed by atoms with Crippen molar-refractivity contribution in [1.82, 2.24) is 9.66 Å². The third-order valence-corrected chi connectivity index (χ3v) is 6.29. The molecule has 1 N–H and O–H groups in total. The lowest BCUT2D eigenvalue weighted by molar-refractivity contribution is 0.269. The number of H-pyrrole nitrogens is 1. The molecule has 1 aromatic heterocycles. The first kappa shape index (κ1) is 23.7. The first-order valence-electron chi connectivity index (χ1n) is 10.2. The molecule has 0 bridgehead atoms. The summed E-state index contributed by atoms with van der Waals surface area (Å²) in [5.74, 6) is 0.296. The van der Waals surface area contributed by atoms with Gasteiger partial charge in [0.15, 0.2) is 11.5 Å². The van der Waals surface area contributed by atoms with Crippen LogP contribution in [0.15, 0.2) is 73.8 Å². The van der Waals surface area contributed by atoms with E-state index in [2.05, 4.69) is 26.0 Å². The van der Waals surface area contributed by atoms with Crippen LogP contribution in [0.25, 0.3) is 10.9 Å².